The van der Waals surface area contributed by atoms with Gasteiger partial charge >= 0.3 is 0 Å². The zero-order valence-corrected chi connectivity index (χ0v) is 15.2. The van der Waals surface area contributed by atoms with Gasteiger partial charge in [-0.05, 0) is 36.4 Å². The zero-order valence-electron chi connectivity index (χ0n) is 14.4. The first-order valence-corrected chi connectivity index (χ1v) is 9.12. The molecule has 0 unspecified atom stereocenters. The number of nitrogens with zero attached hydrogens (tertiary/aromatic N) is 2. The Morgan fingerprint density at radius 1 is 1.04 bits per heavy atom. The van der Waals surface area contributed by atoms with Crippen LogP contribution in [-0.2, 0) is 9.59 Å². The molecular formula is C18H15F2N5O2S. The van der Waals surface area contributed by atoms with Crippen molar-refractivity contribution in [2.24, 2.45) is 0 Å². The van der Waals surface area contributed by atoms with Crippen LogP contribution in [0.4, 0.5) is 14.5 Å². The summed E-state index contributed by atoms with van der Waals surface area (Å²) in [6.07, 6.45) is 0. The number of carbonyl (C=O) groups is 2. The second-order valence-corrected chi connectivity index (χ2v) is 6.51. The molecule has 7 nitrogen and oxygen atoms in total. The summed E-state index contributed by atoms with van der Waals surface area (Å²) >= 11 is 1.05. The van der Waals surface area contributed by atoms with E-state index in [1.54, 1.807) is 18.2 Å². The normalized spacial score (nSPS) is 10.5. The van der Waals surface area contributed by atoms with Gasteiger partial charge in [-0.15, -0.1) is 5.10 Å². The van der Waals surface area contributed by atoms with E-state index in [1.807, 2.05) is 0 Å². The third-order valence-electron chi connectivity index (χ3n) is 3.50. The van der Waals surface area contributed by atoms with Crippen LogP contribution in [-0.4, -0.2) is 39.3 Å². The van der Waals surface area contributed by atoms with Gasteiger partial charge in [0.05, 0.1) is 17.9 Å². The Balaban J connectivity index is 1.44. The van der Waals surface area contributed by atoms with Crippen LogP contribution in [0.5, 0.6) is 0 Å². The molecule has 1 aromatic heterocycles. The highest BCUT2D eigenvalue weighted by Crippen LogP contribution is 2.21. The Morgan fingerprint density at radius 3 is 2.54 bits per heavy atom. The van der Waals surface area contributed by atoms with E-state index in [1.165, 1.54) is 30.3 Å². The predicted octanol–water partition coefficient (Wildman–Crippen LogP) is 2.60. The van der Waals surface area contributed by atoms with Crippen LogP contribution < -0.4 is 10.6 Å². The first-order chi connectivity index (χ1) is 13.5. The fourth-order valence-electron chi connectivity index (χ4n) is 2.18. The second kappa shape index (κ2) is 9.09. The van der Waals surface area contributed by atoms with Gasteiger partial charge in [0, 0.05) is 5.69 Å². The van der Waals surface area contributed by atoms with Crippen LogP contribution in [0.25, 0.3) is 11.4 Å². The summed E-state index contributed by atoms with van der Waals surface area (Å²) < 4.78 is 26.6. The van der Waals surface area contributed by atoms with Crippen molar-refractivity contribution in [1.29, 1.82) is 0 Å². The highest BCUT2D eigenvalue weighted by Gasteiger charge is 2.12. The summed E-state index contributed by atoms with van der Waals surface area (Å²) in [7, 11) is 0. The second-order valence-electron chi connectivity index (χ2n) is 5.57. The van der Waals surface area contributed by atoms with E-state index in [0.29, 0.717) is 5.69 Å². The van der Waals surface area contributed by atoms with Crippen molar-refractivity contribution < 1.29 is 18.4 Å². The van der Waals surface area contributed by atoms with Gasteiger partial charge in [-0.1, -0.05) is 23.9 Å². The molecule has 0 radical (unpaired) electrons. The minimum Gasteiger partial charge on any atom is -0.346 e. The van der Waals surface area contributed by atoms with Crippen LogP contribution in [0, 0.1) is 11.6 Å². The van der Waals surface area contributed by atoms with E-state index < -0.39 is 23.4 Å². The SMILES string of the molecule is O=C(CSc1n[nH]c(-c2ccccc2F)n1)NCC(=O)Nc1ccc(F)cc1. The van der Waals surface area contributed by atoms with E-state index in [9.17, 15) is 18.4 Å². The number of H-pyrrole nitrogens is 1. The molecule has 2 aromatic carbocycles. The minimum atomic E-state index is -0.440. The number of aromatic nitrogens is 3. The highest BCUT2D eigenvalue weighted by atomic mass is 32.2. The van der Waals surface area contributed by atoms with E-state index in [2.05, 4.69) is 25.8 Å². The number of rotatable bonds is 7. The number of nitrogens with one attached hydrogen (secondary N) is 3. The summed E-state index contributed by atoms with van der Waals surface area (Å²) in [5.41, 5.74) is 0.709. The number of anilines is 1. The maximum Gasteiger partial charge on any atom is 0.243 e. The van der Waals surface area contributed by atoms with Crippen molar-refractivity contribution in [3.05, 3.63) is 60.2 Å². The molecule has 0 aliphatic heterocycles. The van der Waals surface area contributed by atoms with Gasteiger partial charge in [0.1, 0.15) is 11.6 Å². The standard InChI is InChI=1S/C18H15F2N5O2S/c19-11-5-7-12(8-6-11)22-15(26)9-21-16(27)10-28-18-23-17(24-25-18)13-3-1-2-4-14(13)20/h1-8H,9-10H2,(H,21,27)(H,22,26)(H,23,24,25). The summed E-state index contributed by atoms with van der Waals surface area (Å²) in [4.78, 5) is 27.8. The number of hydrogen-bond donors (Lipinski definition) is 3. The van der Waals surface area contributed by atoms with Crippen molar-refractivity contribution in [1.82, 2.24) is 20.5 Å². The van der Waals surface area contributed by atoms with Gasteiger partial charge in [0.15, 0.2) is 5.82 Å². The molecule has 0 saturated heterocycles. The molecule has 3 N–H and O–H groups in total. The van der Waals surface area contributed by atoms with Crippen LogP contribution >= 0.6 is 11.8 Å². The fraction of sp³-hybridized carbons (Fsp3) is 0.111. The maximum absolute atomic E-state index is 13.7. The third-order valence-corrected chi connectivity index (χ3v) is 4.35. The molecule has 2 amide bonds. The van der Waals surface area contributed by atoms with Crippen LogP contribution in [0.2, 0.25) is 0 Å². The molecule has 0 saturated carbocycles. The summed E-state index contributed by atoms with van der Waals surface area (Å²) in [6, 6.07) is 11.4. The highest BCUT2D eigenvalue weighted by molar-refractivity contribution is 7.99. The molecule has 3 rings (SSSR count). The molecule has 0 fully saturated rings. The topological polar surface area (TPSA) is 99.8 Å². The molecule has 10 heteroatoms. The lowest BCUT2D eigenvalue weighted by molar-refractivity contribution is -0.122. The Labute approximate surface area is 162 Å². The molecule has 0 atom stereocenters. The quantitative estimate of drug-likeness (QED) is 0.527. The lowest BCUT2D eigenvalue weighted by atomic mass is 10.2. The number of halogens is 2. The number of amides is 2. The smallest absolute Gasteiger partial charge is 0.243 e. The monoisotopic (exact) mass is 403 g/mol. The Morgan fingerprint density at radius 2 is 1.79 bits per heavy atom. The summed E-state index contributed by atoms with van der Waals surface area (Å²) in [6.45, 7) is -0.231. The third kappa shape index (κ3) is 5.36. The first kappa shape index (κ1) is 19.5. The number of aromatic amines is 1. The van der Waals surface area contributed by atoms with Crippen molar-refractivity contribution in [3.63, 3.8) is 0 Å². The van der Waals surface area contributed by atoms with Gasteiger partial charge in [-0.3, -0.25) is 14.7 Å². The number of benzene rings is 2. The summed E-state index contributed by atoms with van der Waals surface area (Å²) in [5.74, 6) is -1.42. The van der Waals surface area contributed by atoms with Crippen molar-refractivity contribution in [3.8, 4) is 11.4 Å². The number of thioether (sulfide) groups is 1. The van der Waals surface area contributed by atoms with Crippen molar-refractivity contribution in [2.75, 3.05) is 17.6 Å². The van der Waals surface area contributed by atoms with Gasteiger partial charge in [-0.2, -0.15) is 0 Å². The van der Waals surface area contributed by atoms with Gasteiger partial charge in [0.25, 0.3) is 0 Å². The first-order valence-electron chi connectivity index (χ1n) is 8.13. The molecule has 0 spiro atoms. The molecule has 0 aliphatic carbocycles. The maximum atomic E-state index is 13.7. The Hall–Kier alpha value is -3.27. The molecule has 144 valence electrons. The van der Waals surface area contributed by atoms with Crippen LogP contribution in [0.15, 0.2) is 53.7 Å². The molecular weight excluding hydrogens is 388 g/mol. The van der Waals surface area contributed by atoms with Crippen LogP contribution in [0.3, 0.4) is 0 Å². The Bertz CT molecular complexity index is 978. The zero-order chi connectivity index (χ0) is 19.9. The van der Waals surface area contributed by atoms with Crippen molar-refractivity contribution >= 4 is 29.3 Å². The van der Waals surface area contributed by atoms with E-state index in [4.69, 9.17) is 0 Å². The lowest BCUT2D eigenvalue weighted by Gasteiger charge is -2.06. The van der Waals surface area contributed by atoms with Crippen LogP contribution in [0.1, 0.15) is 0 Å². The Kier molecular flexibility index (Phi) is 6.33. The largest absolute Gasteiger partial charge is 0.346 e. The van der Waals surface area contributed by atoms with Gasteiger partial charge in [0.2, 0.25) is 17.0 Å². The average molecular weight is 403 g/mol. The van der Waals surface area contributed by atoms with E-state index in [-0.39, 0.29) is 28.8 Å². The average Bonchev–Trinajstić information content (AvgIpc) is 3.16. The molecule has 0 aliphatic rings. The van der Waals surface area contributed by atoms with Crippen molar-refractivity contribution in [2.45, 2.75) is 5.16 Å². The van der Waals surface area contributed by atoms with E-state index in [0.717, 1.165) is 11.8 Å². The fourth-order valence-corrected chi connectivity index (χ4v) is 2.81. The number of carbonyl (C=O) groups excluding carboxylic acids is 2. The molecule has 0 bridgehead atoms. The molecule has 1 heterocycles. The lowest BCUT2D eigenvalue weighted by Crippen LogP contribution is -2.33. The van der Waals surface area contributed by atoms with E-state index >= 15 is 0 Å². The van der Waals surface area contributed by atoms with Gasteiger partial charge in [-0.25, -0.2) is 13.8 Å². The van der Waals surface area contributed by atoms with Gasteiger partial charge < -0.3 is 10.6 Å². The molecule has 28 heavy (non-hydrogen) atoms. The summed E-state index contributed by atoms with van der Waals surface area (Å²) in [5, 5.41) is 11.8. The minimum absolute atomic E-state index is 0.0155. The predicted molar refractivity (Wildman–Crippen MR) is 101 cm³/mol. The number of hydrogen-bond acceptors (Lipinski definition) is 5. The molecule has 3 aromatic rings.